The molecule has 114 valence electrons. The van der Waals surface area contributed by atoms with Gasteiger partial charge in [-0.2, -0.15) is 8.42 Å². The molecule has 0 bridgehead atoms. The van der Waals surface area contributed by atoms with E-state index in [4.69, 9.17) is 4.55 Å². The Morgan fingerprint density at radius 1 is 1.14 bits per heavy atom. The smallest absolute Gasteiger partial charge is 0.284 e. The second kappa shape index (κ2) is 5.20. The molecule has 2 aromatic rings. The van der Waals surface area contributed by atoms with Crippen LogP contribution in [0.15, 0.2) is 46.7 Å². The number of nitrogens with zero attached hydrogens (tertiary/aromatic N) is 2. The molecule has 1 aliphatic rings. The second-order valence-corrected chi connectivity index (χ2v) is 6.87. The predicted molar refractivity (Wildman–Crippen MR) is 80.8 cm³/mol. The molecule has 0 saturated carbocycles. The first-order chi connectivity index (χ1) is 10.4. The number of anilines is 2. The highest BCUT2D eigenvalue weighted by molar-refractivity contribution is 7.85. The predicted octanol–water partition coefficient (Wildman–Crippen LogP) is 1.97. The third-order valence-electron chi connectivity index (χ3n) is 3.12. The fourth-order valence-corrected chi connectivity index (χ4v) is 3.39. The Kier molecular flexibility index (Phi) is 3.47. The van der Waals surface area contributed by atoms with Crippen molar-refractivity contribution in [2.45, 2.75) is 4.90 Å². The molecule has 1 N–H and O–H groups in total. The summed E-state index contributed by atoms with van der Waals surface area (Å²) in [7, 11) is -4.38. The molecule has 22 heavy (non-hydrogen) atoms. The average molecular weight is 338 g/mol. The maximum Gasteiger partial charge on any atom is 0.337 e. The minimum atomic E-state index is -4.38. The molecule has 0 unspecified atom stereocenters. The van der Waals surface area contributed by atoms with E-state index in [9.17, 15) is 18.0 Å². The number of thiophene rings is 1. The Hall–Kier alpha value is -2.23. The van der Waals surface area contributed by atoms with Crippen LogP contribution in [-0.2, 0) is 14.9 Å². The van der Waals surface area contributed by atoms with Crippen LogP contribution in [0.25, 0.3) is 0 Å². The number of hydrogen-bond donors (Lipinski definition) is 1. The van der Waals surface area contributed by atoms with Gasteiger partial charge >= 0.3 is 6.03 Å². The fraction of sp³-hybridized carbons (Fsp3) is 0.0769. The van der Waals surface area contributed by atoms with E-state index in [1.807, 2.05) is 0 Å². The van der Waals surface area contributed by atoms with E-state index >= 15 is 0 Å². The zero-order valence-electron chi connectivity index (χ0n) is 11.0. The standard InChI is InChI=1S/C13H10N2O5S2/c16-11-8-14(13(17)15(11)12-5-2-6-21-12)9-3-1-4-10(7-9)22(18,19)20/h1-7H,8H2,(H,18,19,20). The van der Waals surface area contributed by atoms with E-state index in [1.165, 1.54) is 29.5 Å². The van der Waals surface area contributed by atoms with Crippen LogP contribution in [0.5, 0.6) is 0 Å². The van der Waals surface area contributed by atoms with Gasteiger partial charge in [-0.05, 0) is 35.7 Å². The number of carbonyl (C=O) groups is 2. The zero-order chi connectivity index (χ0) is 15.9. The quantitative estimate of drug-likeness (QED) is 0.682. The molecular weight excluding hydrogens is 328 g/mol. The summed E-state index contributed by atoms with van der Waals surface area (Å²) in [5.74, 6) is -0.398. The van der Waals surface area contributed by atoms with E-state index in [2.05, 4.69) is 0 Å². The van der Waals surface area contributed by atoms with Crippen molar-refractivity contribution in [3.63, 3.8) is 0 Å². The van der Waals surface area contributed by atoms with Crippen molar-refractivity contribution in [2.24, 2.45) is 0 Å². The Morgan fingerprint density at radius 2 is 1.91 bits per heavy atom. The number of carbonyl (C=O) groups excluding carboxylic acids is 2. The van der Waals surface area contributed by atoms with Gasteiger partial charge in [0.1, 0.15) is 11.5 Å². The molecule has 2 heterocycles. The lowest BCUT2D eigenvalue weighted by Gasteiger charge is -2.16. The highest BCUT2D eigenvalue weighted by atomic mass is 32.2. The van der Waals surface area contributed by atoms with Gasteiger partial charge in [-0.1, -0.05) is 6.07 Å². The molecule has 1 saturated heterocycles. The molecule has 1 aromatic carbocycles. The number of amides is 3. The zero-order valence-corrected chi connectivity index (χ0v) is 12.7. The van der Waals surface area contributed by atoms with Crippen LogP contribution in [-0.4, -0.2) is 31.5 Å². The van der Waals surface area contributed by atoms with Gasteiger partial charge in [0.2, 0.25) is 0 Å². The second-order valence-electron chi connectivity index (χ2n) is 4.52. The molecule has 3 rings (SSSR count). The maximum absolute atomic E-state index is 12.4. The first kappa shape index (κ1) is 14.7. The van der Waals surface area contributed by atoms with Gasteiger partial charge in [0.15, 0.2) is 0 Å². The largest absolute Gasteiger partial charge is 0.337 e. The summed E-state index contributed by atoms with van der Waals surface area (Å²) in [6, 6.07) is 8.07. The summed E-state index contributed by atoms with van der Waals surface area (Å²) >= 11 is 1.25. The summed E-state index contributed by atoms with van der Waals surface area (Å²) in [4.78, 5) is 26.3. The first-order valence-electron chi connectivity index (χ1n) is 6.13. The Labute approximate surface area is 130 Å². The summed E-state index contributed by atoms with van der Waals surface area (Å²) in [6.07, 6.45) is 0. The van der Waals surface area contributed by atoms with E-state index < -0.39 is 22.1 Å². The third kappa shape index (κ3) is 2.49. The minimum Gasteiger partial charge on any atom is -0.284 e. The molecule has 1 aromatic heterocycles. The number of urea groups is 1. The Balaban J connectivity index is 1.97. The number of rotatable bonds is 3. The SMILES string of the molecule is O=C1CN(c2cccc(S(=O)(=O)O)c2)C(=O)N1c1cccs1. The van der Waals surface area contributed by atoms with E-state index in [0.29, 0.717) is 5.00 Å². The molecule has 0 spiro atoms. The van der Waals surface area contributed by atoms with Crippen molar-refractivity contribution in [3.8, 4) is 0 Å². The van der Waals surface area contributed by atoms with Crippen molar-refractivity contribution < 1.29 is 22.6 Å². The highest BCUT2D eigenvalue weighted by Gasteiger charge is 2.38. The van der Waals surface area contributed by atoms with Gasteiger partial charge in [0, 0.05) is 5.69 Å². The van der Waals surface area contributed by atoms with Crippen LogP contribution >= 0.6 is 11.3 Å². The number of imide groups is 1. The van der Waals surface area contributed by atoms with Gasteiger partial charge in [-0.3, -0.25) is 14.2 Å². The molecule has 0 radical (unpaired) electrons. The minimum absolute atomic E-state index is 0.189. The van der Waals surface area contributed by atoms with Crippen LogP contribution in [0, 0.1) is 0 Å². The van der Waals surface area contributed by atoms with Crippen LogP contribution < -0.4 is 9.80 Å². The summed E-state index contributed by atoms with van der Waals surface area (Å²) < 4.78 is 31.4. The summed E-state index contributed by atoms with van der Waals surface area (Å²) in [5, 5.41) is 2.25. The van der Waals surface area contributed by atoms with Gasteiger partial charge in [0.25, 0.3) is 16.0 Å². The van der Waals surface area contributed by atoms with Crippen LogP contribution in [0.3, 0.4) is 0 Å². The van der Waals surface area contributed by atoms with Crippen LogP contribution in [0.1, 0.15) is 0 Å². The van der Waals surface area contributed by atoms with E-state index in [0.717, 1.165) is 15.9 Å². The summed E-state index contributed by atoms with van der Waals surface area (Å²) in [6.45, 7) is -0.189. The van der Waals surface area contributed by atoms with Gasteiger partial charge in [-0.15, -0.1) is 11.3 Å². The van der Waals surface area contributed by atoms with Crippen molar-refractivity contribution in [2.75, 3.05) is 16.3 Å². The maximum atomic E-state index is 12.4. The first-order valence-corrected chi connectivity index (χ1v) is 8.45. The highest BCUT2D eigenvalue weighted by Crippen LogP contribution is 2.29. The van der Waals surface area contributed by atoms with Gasteiger partial charge < -0.3 is 0 Å². The summed E-state index contributed by atoms with van der Waals surface area (Å²) in [5.41, 5.74) is 0.229. The van der Waals surface area contributed by atoms with Crippen molar-refractivity contribution in [1.29, 1.82) is 0 Å². The molecule has 1 aliphatic heterocycles. The lowest BCUT2D eigenvalue weighted by molar-refractivity contribution is -0.115. The molecular formula is C13H10N2O5S2. The number of hydrogen-bond acceptors (Lipinski definition) is 5. The molecule has 1 fully saturated rings. The topological polar surface area (TPSA) is 95.0 Å². The van der Waals surface area contributed by atoms with Crippen molar-refractivity contribution in [3.05, 3.63) is 41.8 Å². The third-order valence-corrected chi connectivity index (χ3v) is 4.82. The molecule has 9 heteroatoms. The van der Waals surface area contributed by atoms with E-state index in [1.54, 1.807) is 17.5 Å². The van der Waals surface area contributed by atoms with E-state index in [-0.39, 0.29) is 17.1 Å². The van der Waals surface area contributed by atoms with Crippen molar-refractivity contribution >= 4 is 44.1 Å². The average Bonchev–Trinajstić information content (AvgIpc) is 3.06. The normalized spacial score (nSPS) is 15.7. The number of benzene rings is 1. The van der Waals surface area contributed by atoms with Crippen molar-refractivity contribution in [1.82, 2.24) is 0 Å². The monoisotopic (exact) mass is 338 g/mol. The molecule has 0 aliphatic carbocycles. The molecule has 3 amide bonds. The van der Waals surface area contributed by atoms with Gasteiger partial charge in [-0.25, -0.2) is 9.69 Å². The fourth-order valence-electron chi connectivity index (χ4n) is 2.13. The Morgan fingerprint density at radius 3 is 2.55 bits per heavy atom. The van der Waals surface area contributed by atoms with Crippen LogP contribution in [0.2, 0.25) is 0 Å². The molecule has 7 nitrogen and oxygen atoms in total. The lowest BCUT2D eigenvalue weighted by Crippen LogP contribution is -2.32. The van der Waals surface area contributed by atoms with Gasteiger partial charge in [0.05, 0.1) is 4.90 Å². The molecule has 0 atom stereocenters. The Bertz CT molecular complexity index is 845. The lowest BCUT2D eigenvalue weighted by atomic mass is 10.3. The van der Waals surface area contributed by atoms with Crippen LogP contribution in [0.4, 0.5) is 15.5 Å².